The zero-order chi connectivity index (χ0) is 30.3. The minimum atomic E-state index is -4.81. The number of alkyl halides is 3. The number of carbonyl (C=O) groups excluding carboxylic acids is 2. The van der Waals surface area contributed by atoms with Crippen molar-refractivity contribution in [3.05, 3.63) is 85.1 Å². The molecule has 0 atom stereocenters. The summed E-state index contributed by atoms with van der Waals surface area (Å²) in [5.41, 5.74) is 2.03. The first kappa shape index (κ1) is 28.0. The van der Waals surface area contributed by atoms with Crippen molar-refractivity contribution in [2.75, 3.05) is 16.0 Å². The van der Waals surface area contributed by atoms with Gasteiger partial charge in [0.25, 0.3) is 0 Å². The number of hydrogen-bond acceptors (Lipinski definition) is 6. The van der Waals surface area contributed by atoms with Gasteiger partial charge in [0, 0.05) is 29.7 Å². The molecule has 3 amide bonds. The van der Waals surface area contributed by atoms with E-state index in [1.165, 1.54) is 40.2 Å². The Morgan fingerprint density at radius 1 is 1.09 bits per heavy atom. The summed E-state index contributed by atoms with van der Waals surface area (Å²) in [7, 11) is 1.88. The summed E-state index contributed by atoms with van der Waals surface area (Å²) in [6.45, 7) is 0. The van der Waals surface area contributed by atoms with Crippen LogP contribution in [0.15, 0.2) is 84.2 Å². The Bertz CT molecular complexity index is 1900. The number of carbonyl (C=O) groups is 2. The van der Waals surface area contributed by atoms with Gasteiger partial charge in [0.15, 0.2) is 11.0 Å². The summed E-state index contributed by atoms with van der Waals surface area (Å²) in [5, 5.41) is 7.64. The van der Waals surface area contributed by atoms with E-state index in [2.05, 4.69) is 25.1 Å². The van der Waals surface area contributed by atoms with Gasteiger partial charge in [0.2, 0.25) is 5.91 Å². The van der Waals surface area contributed by atoms with Gasteiger partial charge >= 0.3 is 12.4 Å². The standard InChI is InChI=1S/C28H19F4N7O3S/c1-37-12-11-19-22(37)3-2-4-23(19)39-24(40)14-43-27(39)35-26(41)34-21-10-5-16(13-20(21)29)25-33-15-38(36-25)17-6-8-18(9-7-17)42-28(30,31)32/h2-13,15H,14H2,1H3,(H,34,41)/b35-27-. The van der Waals surface area contributed by atoms with E-state index in [-0.39, 0.29) is 39.7 Å². The lowest BCUT2D eigenvalue weighted by atomic mass is 10.2. The second kappa shape index (κ2) is 10.9. The van der Waals surface area contributed by atoms with Crippen LogP contribution in [0.2, 0.25) is 0 Å². The van der Waals surface area contributed by atoms with Crippen molar-refractivity contribution in [2.24, 2.45) is 12.0 Å². The highest BCUT2D eigenvalue weighted by molar-refractivity contribution is 8.15. The molecule has 0 bridgehead atoms. The van der Waals surface area contributed by atoms with Gasteiger partial charge in [-0.3, -0.25) is 9.69 Å². The molecule has 1 fully saturated rings. The SMILES string of the molecule is Cn1ccc2c(N3C(=O)CS/C3=N\C(=O)Nc3ccc(-c4ncn(-c5ccc(OC(F)(F)F)cc5)n4)cc3F)cccc21. The minimum absolute atomic E-state index is 0.101. The largest absolute Gasteiger partial charge is 0.573 e. The third-order valence-electron chi connectivity index (χ3n) is 6.40. The van der Waals surface area contributed by atoms with Gasteiger partial charge in [-0.05, 0) is 60.7 Å². The van der Waals surface area contributed by atoms with Crippen molar-refractivity contribution >= 4 is 51.1 Å². The van der Waals surface area contributed by atoms with Gasteiger partial charge in [-0.25, -0.2) is 18.9 Å². The molecule has 0 radical (unpaired) electrons. The molecule has 0 saturated carbocycles. The quantitative estimate of drug-likeness (QED) is 0.240. The molecule has 0 spiro atoms. The summed E-state index contributed by atoms with van der Waals surface area (Å²) in [6.07, 6.45) is -1.62. The van der Waals surface area contributed by atoms with Crippen molar-refractivity contribution in [1.82, 2.24) is 19.3 Å². The number of rotatable bonds is 5. The number of ether oxygens (including phenoxy) is 1. The summed E-state index contributed by atoms with van der Waals surface area (Å²) in [5.74, 6) is -1.16. The fourth-order valence-corrected chi connectivity index (χ4v) is 5.33. The van der Waals surface area contributed by atoms with E-state index in [1.54, 1.807) is 6.07 Å². The Morgan fingerprint density at radius 3 is 2.63 bits per heavy atom. The van der Waals surface area contributed by atoms with E-state index >= 15 is 0 Å². The number of nitrogens with one attached hydrogen (secondary N) is 1. The van der Waals surface area contributed by atoms with Crippen LogP contribution in [0.1, 0.15) is 0 Å². The number of aryl methyl sites for hydroxylation is 1. The average Bonchev–Trinajstić information content (AvgIpc) is 3.69. The topological polar surface area (TPSA) is 107 Å². The highest BCUT2D eigenvalue weighted by Crippen LogP contribution is 2.33. The first-order valence-corrected chi connectivity index (χ1v) is 13.5. The molecule has 2 aromatic heterocycles. The number of anilines is 2. The van der Waals surface area contributed by atoms with Gasteiger partial charge in [0.1, 0.15) is 17.9 Å². The number of aromatic nitrogens is 4. The third-order valence-corrected chi connectivity index (χ3v) is 7.33. The third kappa shape index (κ3) is 5.79. The fourth-order valence-electron chi connectivity index (χ4n) is 4.47. The lowest BCUT2D eigenvalue weighted by Gasteiger charge is -2.17. The summed E-state index contributed by atoms with van der Waals surface area (Å²) < 4.78 is 59.3. The molecular formula is C28H19F4N7O3S. The van der Waals surface area contributed by atoms with Crippen LogP contribution in [-0.2, 0) is 11.8 Å². The molecule has 5 aromatic rings. The number of halogens is 4. The van der Waals surface area contributed by atoms with Crippen LogP contribution in [-0.4, -0.2) is 48.6 Å². The second-order valence-corrected chi connectivity index (χ2v) is 10.2. The maximum atomic E-state index is 15.0. The molecule has 6 rings (SSSR count). The molecule has 3 heterocycles. The zero-order valence-electron chi connectivity index (χ0n) is 22.0. The van der Waals surface area contributed by atoms with Crippen LogP contribution in [0, 0.1) is 5.82 Å². The predicted octanol–water partition coefficient (Wildman–Crippen LogP) is 6.13. The van der Waals surface area contributed by atoms with Crippen molar-refractivity contribution in [3.63, 3.8) is 0 Å². The van der Waals surface area contributed by atoms with Crippen molar-refractivity contribution in [2.45, 2.75) is 6.36 Å². The number of aliphatic imine (C=N–C) groups is 1. The Hall–Kier alpha value is -5.18. The number of hydrogen-bond donors (Lipinski definition) is 1. The molecule has 0 aliphatic carbocycles. The Kier molecular flexibility index (Phi) is 7.09. The Labute approximate surface area is 244 Å². The van der Waals surface area contributed by atoms with Crippen LogP contribution >= 0.6 is 11.8 Å². The molecule has 3 aromatic carbocycles. The number of nitrogens with zero attached hydrogens (tertiary/aromatic N) is 6. The number of amidine groups is 1. The number of thioether (sulfide) groups is 1. The number of benzene rings is 3. The molecule has 1 aliphatic heterocycles. The zero-order valence-corrected chi connectivity index (χ0v) is 22.9. The number of fused-ring (bicyclic) bond motifs is 1. The highest BCUT2D eigenvalue weighted by Gasteiger charge is 2.32. The molecule has 218 valence electrons. The van der Waals surface area contributed by atoms with Crippen LogP contribution in [0.5, 0.6) is 5.75 Å². The Balaban J connectivity index is 1.17. The molecule has 0 unspecified atom stereocenters. The van der Waals surface area contributed by atoms with Gasteiger partial charge < -0.3 is 14.6 Å². The van der Waals surface area contributed by atoms with Crippen molar-refractivity contribution in [3.8, 4) is 22.8 Å². The maximum Gasteiger partial charge on any atom is 0.573 e. The molecule has 1 aliphatic rings. The summed E-state index contributed by atoms with van der Waals surface area (Å²) in [6, 6.07) is 15.4. The van der Waals surface area contributed by atoms with Crippen LogP contribution in [0.4, 0.5) is 33.7 Å². The highest BCUT2D eigenvalue weighted by atomic mass is 32.2. The first-order chi connectivity index (χ1) is 20.6. The summed E-state index contributed by atoms with van der Waals surface area (Å²) in [4.78, 5) is 35.0. The number of amides is 3. The molecule has 10 nitrogen and oxygen atoms in total. The normalized spacial score (nSPS) is 14.6. The minimum Gasteiger partial charge on any atom is -0.406 e. The molecule has 1 saturated heterocycles. The van der Waals surface area contributed by atoms with E-state index < -0.39 is 18.2 Å². The molecule has 43 heavy (non-hydrogen) atoms. The first-order valence-electron chi connectivity index (χ1n) is 12.5. The van der Waals surface area contributed by atoms with Crippen molar-refractivity contribution < 1.29 is 31.9 Å². The second-order valence-electron chi connectivity index (χ2n) is 9.23. The van der Waals surface area contributed by atoms with Gasteiger partial charge in [0.05, 0.1) is 22.8 Å². The van der Waals surface area contributed by atoms with E-state index in [1.807, 2.05) is 36.0 Å². The van der Waals surface area contributed by atoms with Crippen LogP contribution in [0.25, 0.3) is 28.0 Å². The monoisotopic (exact) mass is 609 g/mol. The summed E-state index contributed by atoms with van der Waals surface area (Å²) >= 11 is 1.10. The fraction of sp³-hybridized carbons (Fsp3) is 0.107. The van der Waals surface area contributed by atoms with E-state index in [4.69, 9.17) is 0 Å². The van der Waals surface area contributed by atoms with Gasteiger partial charge in [-0.2, -0.15) is 4.99 Å². The van der Waals surface area contributed by atoms with E-state index in [0.29, 0.717) is 11.4 Å². The van der Waals surface area contributed by atoms with Gasteiger partial charge in [-0.15, -0.1) is 18.3 Å². The van der Waals surface area contributed by atoms with Crippen LogP contribution < -0.4 is 15.0 Å². The molecule has 15 heteroatoms. The van der Waals surface area contributed by atoms with Crippen molar-refractivity contribution in [1.29, 1.82) is 0 Å². The molecular weight excluding hydrogens is 590 g/mol. The van der Waals surface area contributed by atoms with Crippen LogP contribution in [0.3, 0.4) is 0 Å². The maximum absolute atomic E-state index is 15.0. The predicted molar refractivity (Wildman–Crippen MR) is 153 cm³/mol. The lowest BCUT2D eigenvalue weighted by Crippen LogP contribution is -2.30. The van der Waals surface area contributed by atoms with E-state index in [0.717, 1.165) is 40.9 Å². The lowest BCUT2D eigenvalue weighted by molar-refractivity contribution is -0.274. The van der Waals surface area contributed by atoms with E-state index in [9.17, 15) is 27.2 Å². The molecule has 1 N–H and O–H groups in total. The smallest absolute Gasteiger partial charge is 0.406 e. The van der Waals surface area contributed by atoms with Gasteiger partial charge in [-0.1, -0.05) is 17.8 Å². The number of urea groups is 1. The Morgan fingerprint density at radius 2 is 1.88 bits per heavy atom. The average molecular weight is 610 g/mol.